The molecule has 0 bridgehead atoms. The van der Waals surface area contributed by atoms with Crippen LogP contribution in [0.15, 0.2) is 36.4 Å². The summed E-state index contributed by atoms with van der Waals surface area (Å²) < 4.78 is 6.52. The molecule has 9 heteroatoms. The quantitative estimate of drug-likeness (QED) is 0.511. The SMILES string of the molecule is Cc1cc(C)cc(CC(=O)N2CCOC(CCN3CCN(C(C)(C)C(N)=O)CC3)(c3ccc(Cl)c(Cl)c3)C2)c1. The monoisotopic (exact) mass is 574 g/mol. The van der Waals surface area contributed by atoms with E-state index in [2.05, 4.69) is 41.8 Å². The normalized spacial score (nSPS) is 21.2. The number of ether oxygens (including phenoxy) is 1. The molecular weight excluding hydrogens is 535 g/mol. The number of benzene rings is 2. The standard InChI is InChI=1S/C30H40Cl2N4O3/c1-21-15-22(2)17-23(16-21)18-27(37)35-13-14-39-30(20-35,24-5-6-25(31)26(32)19-24)7-8-34-9-11-36(12-10-34)29(3,4)28(33)38/h5-6,15-17,19H,7-14,18,20H2,1-4H3,(H2,33,38). The van der Waals surface area contributed by atoms with E-state index in [1.165, 1.54) is 0 Å². The molecule has 2 aromatic carbocycles. The van der Waals surface area contributed by atoms with Gasteiger partial charge >= 0.3 is 0 Å². The zero-order valence-electron chi connectivity index (χ0n) is 23.4. The first-order valence-electron chi connectivity index (χ1n) is 13.6. The van der Waals surface area contributed by atoms with E-state index in [-0.39, 0.29) is 11.8 Å². The maximum absolute atomic E-state index is 13.5. The van der Waals surface area contributed by atoms with Crippen molar-refractivity contribution in [1.29, 1.82) is 0 Å². The fourth-order valence-electron chi connectivity index (χ4n) is 5.73. The number of hydrogen-bond donors (Lipinski definition) is 1. The number of primary amides is 1. The van der Waals surface area contributed by atoms with Crippen molar-refractivity contribution in [2.45, 2.75) is 51.7 Å². The molecule has 2 heterocycles. The van der Waals surface area contributed by atoms with Crippen molar-refractivity contribution in [3.63, 3.8) is 0 Å². The Bertz CT molecular complexity index is 1190. The number of nitrogens with two attached hydrogens (primary N) is 1. The third kappa shape index (κ3) is 6.95. The number of carbonyl (C=O) groups is 2. The molecule has 2 fully saturated rings. The summed E-state index contributed by atoms with van der Waals surface area (Å²) in [6, 6.07) is 11.9. The summed E-state index contributed by atoms with van der Waals surface area (Å²) in [5.41, 5.74) is 8.53. The minimum Gasteiger partial charge on any atom is -0.368 e. The Kier molecular flexibility index (Phi) is 9.29. The van der Waals surface area contributed by atoms with Gasteiger partial charge in [0.1, 0.15) is 5.60 Å². The van der Waals surface area contributed by atoms with Crippen molar-refractivity contribution in [2.75, 3.05) is 52.4 Å². The van der Waals surface area contributed by atoms with Gasteiger partial charge in [-0.2, -0.15) is 0 Å². The van der Waals surface area contributed by atoms with E-state index in [9.17, 15) is 9.59 Å². The molecule has 4 rings (SSSR count). The van der Waals surface area contributed by atoms with Crippen LogP contribution in [0.2, 0.25) is 10.0 Å². The molecule has 2 saturated heterocycles. The van der Waals surface area contributed by atoms with Gasteiger partial charge < -0.3 is 20.3 Å². The lowest BCUT2D eigenvalue weighted by Gasteiger charge is -2.46. The van der Waals surface area contributed by atoms with Gasteiger partial charge in [-0.1, -0.05) is 58.6 Å². The topological polar surface area (TPSA) is 79.1 Å². The third-order valence-corrected chi connectivity index (χ3v) is 8.96. The Hall–Kier alpha value is -2.16. The average Bonchev–Trinajstić information content (AvgIpc) is 2.88. The predicted molar refractivity (Wildman–Crippen MR) is 156 cm³/mol. The number of rotatable bonds is 8. The number of amides is 2. The van der Waals surface area contributed by atoms with Crippen LogP contribution in [0.1, 0.15) is 42.5 Å². The Morgan fingerprint density at radius 2 is 1.64 bits per heavy atom. The zero-order valence-corrected chi connectivity index (χ0v) is 24.9. The minimum atomic E-state index is -0.700. The van der Waals surface area contributed by atoms with E-state index < -0.39 is 11.1 Å². The van der Waals surface area contributed by atoms with E-state index >= 15 is 0 Å². The lowest BCUT2D eigenvalue weighted by atomic mass is 9.87. The van der Waals surface area contributed by atoms with Crippen molar-refractivity contribution in [3.05, 3.63) is 68.7 Å². The smallest absolute Gasteiger partial charge is 0.237 e. The Morgan fingerprint density at radius 1 is 0.974 bits per heavy atom. The van der Waals surface area contributed by atoms with Crippen LogP contribution in [0.5, 0.6) is 0 Å². The molecule has 0 saturated carbocycles. The molecule has 39 heavy (non-hydrogen) atoms. The highest BCUT2D eigenvalue weighted by Gasteiger charge is 2.41. The van der Waals surface area contributed by atoms with Crippen molar-refractivity contribution < 1.29 is 14.3 Å². The summed E-state index contributed by atoms with van der Waals surface area (Å²) in [7, 11) is 0. The van der Waals surface area contributed by atoms with Crippen LogP contribution in [0.25, 0.3) is 0 Å². The molecule has 0 aromatic heterocycles. The van der Waals surface area contributed by atoms with Gasteiger partial charge in [0, 0.05) is 39.3 Å². The zero-order chi connectivity index (χ0) is 28.4. The van der Waals surface area contributed by atoms with Crippen LogP contribution in [-0.2, 0) is 26.3 Å². The molecule has 0 radical (unpaired) electrons. The van der Waals surface area contributed by atoms with Gasteiger partial charge in [0.05, 0.1) is 35.2 Å². The summed E-state index contributed by atoms with van der Waals surface area (Å²) in [5.74, 6) is -0.217. The maximum atomic E-state index is 13.5. The second-order valence-corrected chi connectivity index (χ2v) is 12.3. The second kappa shape index (κ2) is 12.1. The van der Waals surface area contributed by atoms with E-state index in [1.807, 2.05) is 30.9 Å². The molecule has 2 aliphatic heterocycles. The van der Waals surface area contributed by atoms with Crippen LogP contribution in [0.3, 0.4) is 0 Å². The lowest BCUT2D eigenvalue weighted by Crippen LogP contribution is -2.60. The van der Waals surface area contributed by atoms with Gasteiger partial charge in [-0.25, -0.2) is 0 Å². The molecule has 2 amide bonds. The highest BCUT2D eigenvalue weighted by Crippen LogP contribution is 2.37. The fraction of sp³-hybridized carbons (Fsp3) is 0.533. The van der Waals surface area contributed by atoms with Crippen molar-refractivity contribution in [1.82, 2.24) is 14.7 Å². The molecule has 1 unspecified atom stereocenters. The maximum Gasteiger partial charge on any atom is 0.237 e. The molecule has 0 aliphatic carbocycles. The van der Waals surface area contributed by atoms with Gasteiger partial charge in [0.25, 0.3) is 0 Å². The molecule has 2 aromatic rings. The van der Waals surface area contributed by atoms with Gasteiger partial charge in [-0.3, -0.25) is 14.5 Å². The molecule has 7 nitrogen and oxygen atoms in total. The molecule has 1 atom stereocenters. The fourth-order valence-corrected chi connectivity index (χ4v) is 6.03. The first-order valence-corrected chi connectivity index (χ1v) is 14.4. The highest BCUT2D eigenvalue weighted by atomic mass is 35.5. The lowest BCUT2D eigenvalue weighted by molar-refractivity contribution is -0.154. The van der Waals surface area contributed by atoms with Gasteiger partial charge in [0.2, 0.25) is 11.8 Å². The molecular formula is C30H40Cl2N4O3. The molecule has 212 valence electrons. The van der Waals surface area contributed by atoms with E-state index in [1.54, 1.807) is 6.07 Å². The minimum absolute atomic E-state index is 0.0926. The van der Waals surface area contributed by atoms with E-state index in [0.717, 1.165) is 55.0 Å². The summed E-state index contributed by atoms with van der Waals surface area (Å²) in [6.07, 6.45) is 1.05. The Labute approximate surface area is 242 Å². The van der Waals surface area contributed by atoms with Crippen LogP contribution in [0.4, 0.5) is 0 Å². The predicted octanol–water partition coefficient (Wildman–Crippen LogP) is 4.18. The summed E-state index contributed by atoms with van der Waals surface area (Å²) >= 11 is 12.7. The van der Waals surface area contributed by atoms with Crippen molar-refractivity contribution in [3.8, 4) is 0 Å². The summed E-state index contributed by atoms with van der Waals surface area (Å²) in [6.45, 7) is 13.3. The van der Waals surface area contributed by atoms with Crippen LogP contribution in [-0.4, -0.2) is 84.5 Å². The second-order valence-electron chi connectivity index (χ2n) is 11.5. The molecule has 0 spiro atoms. The highest BCUT2D eigenvalue weighted by molar-refractivity contribution is 6.42. The van der Waals surface area contributed by atoms with Crippen molar-refractivity contribution in [2.24, 2.45) is 5.73 Å². The molecule has 2 N–H and O–H groups in total. The van der Waals surface area contributed by atoms with Gasteiger partial charge in [0.15, 0.2) is 0 Å². The number of aryl methyl sites for hydroxylation is 2. The number of piperazine rings is 1. The number of nitrogens with zero attached hydrogens (tertiary/aromatic N) is 3. The first kappa shape index (κ1) is 29.8. The number of carbonyl (C=O) groups excluding carboxylic acids is 2. The van der Waals surface area contributed by atoms with Gasteiger partial charge in [-0.15, -0.1) is 0 Å². The largest absolute Gasteiger partial charge is 0.368 e. The third-order valence-electron chi connectivity index (χ3n) is 8.22. The van der Waals surface area contributed by atoms with E-state index in [4.69, 9.17) is 33.7 Å². The first-order chi connectivity index (χ1) is 18.4. The van der Waals surface area contributed by atoms with E-state index in [0.29, 0.717) is 42.6 Å². The number of hydrogen-bond acceptors (Lipinski definition) is 5. The van der Waals surface area contributed by atoms with Crippen molar-refractivity contribution >= 4 is 35.0 Å². The van der Waals surface area contributed by atoms with Gasteiger partial charge in [-0.05, 0) is 57.4 Å². The van der Waals surface area contributed by atoms with Crippen LogP contribution in [0, 0.1) is 13.8 Å². The summed E-state index contributed by atoms with van der Waals surface area (Å²) in [5, 5.41) is 0.959. The number of morpholine rings is 1. The Morgan fingerprint density at radius 3 is 2.26 bits per heavy atom. The Balaban J connectivity index is 1.50. The summed E-state index contributed by atoms with van der Waals surface area (Å²) in [4.78, 5) is 31.9. The number of halogens is 2. The average molecular weight is 576 g/mol. The molecule has 2 aliphatic rings. The van der Waals surface area contributed by atoms with Crippen LogP contribution >= 0.6 is 23.2 Å². The van der Waals surface area contributed by atoms with Crippen LogP contribution < -0.4 is 5.73 Å².